The number of nitrogens with zero attached hydrogens (tertiary/aromatic N) is 1. The largest absolute Gasteiger partial charge is 0.229 e. The summed E-state index contributed by atoms with van der Waals surface area (Å²) in [6.07, 6.45) is 0. The predicted molar refractivity (Wildman–Crippen MR) is 65.3 cm³/mol. The van der Waals surface area contributed by atoms with Crippen molar-refractivity contribution in [3.8, 4) is 11.3 Å². The highest BCUT2D eigenvalue weighted by Crippen LogP contribution is 2.34. The molecule has 1 heterocycles. The van der Waals surface area contributed by atoms with Crippen molar-refractivity contribution in [2.45, 2.75) is 0 Å². The molecule has 0 bridgehead atoms. The highest BCUT2D eigenvalue weighted by atomic mass is 79.9. The third-order valence-corrected chi connectivity index (χ3v) is 3.89. The molecule has 0 unspecified atom stereocenters. The molecule has 0 amide bonds. The molecule has 2 aromatic rings. The van der Waals surface area contributed by atoms with E-state index in [0.717, 1.165) is 15.2 Å². The van der Waals surface area contributed by atoms with Crippen LogP contribution in [0.4, 0.5) is 0 Å². The molecule has 5 heteroatoms. The van der Waals surface area contributed by atoms with E-state index < -0.39 is 0 Å². The molecule has 0 radical (unpaired) electrons. The maximum Gasteiger partial charge on any atom is 0.159 e. The van der Waals surface area contributed by atoms with Gasteiger partial charge in [-0.1, -0.05) is 35.3 Å². The van der Waals surface area contributed by atoms with Crippen LogP contribution in [-0.2, 0) is 0 Å². The van der Waals surface area contributed by atoms with Gasteiger partial charge in [0, 0.05) is 10.9 Å². The molecule has 0 fully saturated rings. The minimum absolute atomic E-state index is 0.548. The molecule has 0 N–H and O–H groups in total. The van der Waals surface area contributed by atoms with Crippen molar-refractivity contribution < 1.29 is 0 Å². The minimum Gasteiger partial charge on any atom is -0.229 e. The van der Waals surface area contributed by atoms with Gasteiger partial charge in [0.2, 0.25) is 0 Å². The first kappa shape index (κ1) is 10.4. The molecule has 0 aliphatic rings. The average Bonchev–Trinajstić information content (AvgIpc) is 2.57. The fourth-order valence-corrected chi connectivity index (χ4v) is 2.49. The number of hydrogen-bond donors (Lipinski definition) is 0. The average molecular weight is 309 g/mol. The summed E-state index contributed by atoms with van der Waals surface area (Å²) in [4.78, 5) is 4.27. The van der Waals surface area contributed by atoms with Gasteiger partial charge in [-0.15, -0.1) is 11.3 Å². The van der Waals surface area contributed by atoms with Gasteiger partial charge in [-0.2, -0.15) is 0 Å². The van der Waals surface area contributed by atoms with Crippen molar-refractivity contribution in [1.29, 1.82) is 0 Å². The predicted octanol–water partition coefficient (Wildman–Crippen LogP) is 4.88. The Kier molecular flexibility index (Phi) is 3.12. The van der Waals surface area contributed by atoms with Crippen LogP contribution >= 0.6 is 50.5 Å². The second-order valence-corrected chi connectivity index (χ2v) is 5.51. The number of thiazole rings is 1. The zero-order valence-corrected chi connectivity index (χ0v) is 10.7. The van der Waals surface area contributed by atoms with Crippen molar-refractivity contribution in [2.24, 2.45) is 0 Å². The number of hydrogen-bond acceptors (Lipinski definition) is 2. The molecule has 2 rings (SSSR count). The standard InChI is InChI=1S/C9H4BrCl2NS/c10-9-13-7(4-14-9)5-2-1-3-6(11)8(5)12/h1-4H. The number of rotatable bonds is 1. The minimum atomic E-state index is 0.548. The van der Waals surface area contributed by atoms with Gasteiger partial charge in [-0.05, 0) is 22.0 Å². The van der Waals surface area contributed by atoms with E-state index in [2.05, 4.69) is 20.9 Å². The van der Waals surface area contributed by atoms with E-state index in [-0.39, 0.29) is 0 Å². The lowest BCUT2D eigenvalue weighted by Crippen LogP contribution is -1.79. The van der Waals surface area contributed by atoms with Crippen molar-refractivity contribution in [1.82, 2.24) is 4.98 Å². The van der Waals surface area contributed by atoms with Crippen LogP contribution in [0.25, 0.3) is 11.3 Å². The Balaban J connectivity index is 2.57. The molecule has 72 valence electrons. The molecule has 1 aromatic heterocycles. The SMILES string of the molecule is Clc1cccc(-c2csc(Br)n2)c1Cl. The van der Waals surface area contributed by atoms with Crippen LogP contribution in [0.1, 0.15) is 0 Å². The summed E-state index contributed by atoms with van der Waals surface area (Å²) in [6.45, 7) is 0. The summed E-state index contributed by atoms with van der Waals surface area (Å²) in [5.74, 6) is 0. The Morgan fingerprint density at radius 2 is 2.07 bits per heavy atom. The van der Waals surface area contributed by atoms with Gasteiger partial charge in [0.1, 0.15) is 0 Å². The molecule has 0 saturated heterocycles. The van der Waals surface area contributed by atoms with Crippen LogP contribution in [-0.4, -0.2) is 4.98 Å². The first-order valence-corrected chi connectivity index (χ1v) is 6.17. The fraction of sp³-hybridized carbons (Fsp3) is 0. The summed E-state index contributed by atoms with van der Waals surface area (Å²) in [5, 5.41) is 3.03. The van der Waals surface area contributed by atoms with Crippen LogP contribution in [0.5, 0.6) is 0 Å². The van der Waals surface area contributed by atoms with E-state index in [1.807, 2.05) is 17.5 Å². The molecule has 14 heavy (non-hydrogen) atoms. The molecule has 1 aromatic carbocycles. The molecule has 0 saturated carbocycles. The first-order valence-electron chi connectivity index (χ1n) is 3.74. The number of halogens is 3. The Morgan fingerprint density at radius 3 is 2.71 bits per heavy atom. The van der Waals surface area contributed by atoms with Crippen molar-refractivity contribution >= 4 is 50.5 Å². The first-order chi connectivity index (χ1) is 6.68. The van der Waals surface area contributed by atoms with E-state index >= 15 is 0 Å². The lowest BCUT2D eigenvalue weighted by atomic mass is 10.2. The third kappa shape index (κ3) is 1.96. The van der Waals surface area contributed by atoms with E-state index in [1.54, 1.807) is 6.07 Å². The highest BCUT2D eigenvalue weighted by Gasteiger charge is 2.09. The van der Waals surface area contributed by atoms with E-state index in [1.165, 1.54) is 11.3 Å². The highest BCUT2D eigenvalue weighted by molar-refractivity contribution is 9.11. The van der Waals surface area contributed by atoms with Gasteiger partial charge in [0.15, 0.2) is 3.92 Å². The van der Waals surface area contributed by atoms with Crippen LogP contribution in [0.3, 0.4) is 0 Å². The van der Waals surface area contributed by atoms with Gasteiger partial charge < -0.3 is 0 Å². The Bertz CT molecular complexity index is 470. The molecule has 0 spiro atoms. The monoisotopic (exact) mass is 307 g/mol. The Hall–Kier alpha value is -0.0900. The fourth-order valence-electron chi connectivity index (χ4n) is 1.08. The Morgan fingerprint density at radius 1 is 1.29 bits per heavy atom. The summed E-state index contributed by atoms with van der Waals surface area (Å²) in [5.41, 5.74) is 1.70. The summed E-state index contributed by atoms with van der Waals surface area (Å²) < 4.78 is 0.837. The van der Waals surface area contributed by atoms with Crippen molar-refractivity contribution in [3.63, 3.8) is 0 Å². The van der Waals surface area contributed by atoms with E-state index in [0.29, 0.717) is 10.0 Å². The molecule has 0 aliphatic heterocycles. The van der Waals surface area contributed by atoms with Gasteiger partial charge >= 0.3 is 0 Å². The molecule has 0 aliphatic carbocycles. The van der Waals surface area contributed by atoms with Crippen LogP contribution in [0.2, 0.25) is 10.0 Å². The Labute approximate surface area is 104 Å². The summed E-state index contributed by atoms with van der Waals surface area (Å²) in [6, 6.07) is 5.52. The maximum absolute atomic E-state index is 6.05. The second-order valence-electron chi connectivity index (χ2n) is 2.59. The molecular formula is C9H4BrCl2NS. The summed E-state index contributed by atoms with van der Waals surface area (Å²) in [7, 11) is 0. The van der Waals surface area contributed by atoms with Gasteiger partial charge in [-0.25, -0.2) is 4.98 Å². The topological polar surface area (TPSA) is 12.9 Å². The zero-order valence-electron chi connectivity index (χ0n) is 6.80. The van der Waals surface area contributed by atoms with E-state index in [9.17, 15) is 0 Å². The smallest absolute Gasteiger partial charge is 0.159 e. The van der Waals surface area contributed by atoms with Crippen molar-refractivity contribution in [2.75, 3.05) is 0 Å². The lowest BCUT2D eigenvalue weighted by molar-refractivity contribution is 1.37. The van der Waals surface area contributed by atoms with Crippen LogP contribution < -0.4 is 0 Å². The number of aromatic nitrogens is 1. The third-order valence-electron chi connectivity index (χ3n) is 1.70. The van der Waals surface area contributed by atoms with Crippen LogP contribution in [0, 0.1) is 0 Å². The summed E-state index contributed by atoms with van der Waals surface area (Å²) >= 11 is 16.8. The normalized spacial score (nSPS) is 10.5. The van der Waals surface area contributed by atoms with Gasteiger partial charge in [-0.3, -0.25) is 0 Å². The maximum atomic E-state index is 6.05. The second kappa shape index (κ2) is 4.19. The number of benzene rings is 1. The lowest BCUT2D eigenvalue weighted by Gasteiger charge is -2.01. The van der Waals surface area contributed by atoms with Gasteiger partial charge in [0.05, 0.1) is 15.7 Å². The van der Waals surface area contributed by atoms with Gasteiger partial charge in [0.25, 0.3) is 0 Å². The zero-order chi connectivity index (χ0) is 10.1. The quantitative estimate of drug-likeness (QED) is 0.731. The van der Waals surface area contributed by atoms with Crippen molar-refractivity contribution in [3.05, 3.63) is 37.5 Å². The molecule has 0 atom stereocenters. The molecule has 1 nitrogen and oxygen atoms in total. The van der Waals surface area contributed by atoms with E-state index in [4.69, 9.17) is 23.2 Å². The van der Waals surface area contributed by atoms with Crippen LogP contribution in [0.15, 0.2) is 27.5 Å². The molecular weight excluding hydrogens is 305 g/mol.